The third-order valence-corrected chi connectivity index (χ3v) is 4.48. The molecular weight excluding hydrogens is 413 g/mol. The molecule has 3 aromatic rings. The Kier molecular flexibility index (Phi) is 6.05. The lowest BCUT2D eigenvalue weighted by atomic mass is 10.0. The molecular formula is C22H15F7O. The van der Waals surface area contributed by atoms with Crippen LogP contribution in [0.2, 0.25) is 0 Å². The molecule has 3 rings (SSSR count). The minimum absolute atomic E-state index is 0.0624. The Morgan fingerprint density at radius 3 is 1.93 bits per heavy atom. The van der Waals surface area contributed by atoms with Crippen LogP contribution < -0.4 is 4.74 Å². The second-order valence-corrected chi connectivity index (χ2v) is 6.71. The summed E-state index contributed by atoms with van der Waals surface area (Å²) < 4.78 is 101. The van der Waals surface area contributed by atoms with Crippen molar-refractivity contribution in [1.82, 2.24) is 0 Å². The average molecular weight is 428 g/mol. The summed E-state index contributed by atoms with van der Waals surface area (Å²) in [5.74, 6) is -9.80. The maximum atomic E-state index is 14.3. The van der Waals surface area contributed by atoms with Gasteiger partial charge in [0.1, 0.15) is 11.3 Å². The van der Waals surface area contributed by atoms with Crippen molar-refractivity contribution in [3.63, 3.8) is 0 Å². The molecule has 0 aromatic heterocycles. The first kappa shape index (κ1) is 21.7. The highest BCUT2D eigenvalue weighted by Crippen LogP contribution is 2.35. The van der Waals surface area contributed by atoms with Crippen molar-refractivity contribution < 1.29 is 35.5 Å². The lowest BCUT2D eigenvalue weighted by molar-refractivity contribution is -0.188. The van der Waals surface area contributed by atoms with Crippen LogP contribution in [-0.2, 0) is 19.0 Å². The van der Waals surface area contributed by atoms with Gasteiger partial charge in [0.15, 0.2) is 29.1 Å². The number of hydrogen-bond acceptors (Lipinski definition) is 1. The van der Waals surface area contributed by atoms with Crippen molar-refractivity contribution in [3.8, 4) is 5.75 Å². The van der Waals surface area contributed by atoms with Crippen LogP contribution in [0.3, 0.4) is 0 Å². The predicted octanol–water partition coefficient (Wildman–Crippen LogP) is 6.60. The standard InChI is InChI=1S/C22H15F7O/c1-12-2-4-13(5-3-12)6-7-14-8-9-16(20(26)19(14)25)22(28,29)30-15-10-17(23)21(27)18(24)11-15/h2-5,8-11H,6-7H2,1H3. The molecule has 30 heavy (non-hydrogen) atoms. The van der Waals surface area contributed by atoms with Gasteiger partial charge in [-0.2, -0.15) is 8.78 Å². The van der Waals surface area contributed by atoms with Crippen LogP contribution in [0, 0.1) is 36.0 Å². The van der Waals surface area contributed by atoms with Crippen LogP contribution in [0.15, 0.2) is 48.5 Å². The monoisotopic (exact) mass is 428 g/mol. The van der Waals surface area contributed by atoms with Crippen molar-refractivity contribution >= 4 is 0 Å². The van der Waals surface area contributed by atoms with Crippen LogP contribution in [0.25, 0.3) is 0 Å². The Hall–Kier alpha value is -3.03. The molecule has 0 fully saturated rings. The Morgan fingerprint density at radius 1 is 0.733 bits per heavy atom. The zero-order chi connectivity index (χ0) is 22.1. The van der Waals surface area contributed by atoms with Crippen LogP contribution in [-0.4, -0.2) is 0 Å². The summed E-state index contributed by atoms with van der Waals surface area (Å²) in [5, 5.41) is 0. The molecule has 8 heteroatoms. The van der Waals surface area contributed by atoms with Gasteiger partial charge in [0.05, 0.1) is 0 Å². The first-order valence-electron chi connectivity index (χ1n) is 8.82. The van der Waals surface area contributed by atoms with Gasteiger partial charge in [0.2, 0.25) is 0 Å². The minimum atomic E-state index is -4.46. The third kappa shape index (κ3) is 4.58. The Morgan fingerprint density at radius 2 is 1.33 bits per heavy atom. The van der Waals surface area contributed by atoms with Crippen molar-refractivity contribution in [2.24, 2.45) is 0 Å². The second-order valence-electron chi connectivity index (χ2n) is 6.71. The van der Waals surface area contributed by atoms with E-state index >= 15 is 0 Å². The van der Waals surface area contributed by atoms with Crippen molar-refractivity contribution in [2.45, 2.75) is 25.9 Å². The van der Waals surface area contributed by atoms with E-state index < -0.39 is 46.5 Å². The van der Waals surface area contributed by atoms with E-state index in [0.717, 1.165) is 17.2 Å². The fourth-order valence-electron chi connectivity index (χ4n) is 2.84. The quantitative estimate of drug-likeness (QED) is 0.317. The summed E-state index contributed by atoms with van der Waals surface area (Å²) >= 11 is 0. The summed E-state index contributed by atoms with van der Waals surface area (Å²) in [6, 6.07) is 9.34. The first-order chi connectivity index (χ1) is 14.1. The molecule has 0 saturated carbocycles. The number of aryl methyl sites for hydroxylation is 3. The maximum Gasteiger partial charge on any atom is 0.429 e. The fourth-order valence-corrected chi connectivity index (χ4v) is 2.84. The summed E-state index contributed by atoms with van der Waals surface area (Å²) in [7, 11) is 0. The molecule has 0 radical (unpaired) electrons. The largest absolute Gasteiger partial charge is 0.429 e. The SMILES string of the molecule is Cc1ccc(CCc2ccc(C(F)(F)Oc3cc(F)c(F)c(F)c3)c(F)c2F)cc1. The van der Waals surface area contributed by atoms with Gasteiger partial charge in [0.25, 0.3) is 0 Å². The predicted molar refractivity (Wildman–Crippen MR) is 95.8 cm³/mol. The van der Waals surface area contributed by atoms with E-state index in [1.165, 1.54) is 0 Å². The normalized spacial score (nSPS) is 11.6. The lowest BCUT2D eigenvalue weighted by Gasteiger charge is -2.20. The highest BCUT2D eigenvalue weighted by molar-refractivity contribution is 5.32. The molecule has 0 bridgehead atoms. The third-order valence-electron chi connectivity index (χ3n) is 4.48. The van der Waals surface area contributed by atoms with Crippen LogP contribution in [0.4, 0.5) is 30.7 Å². The molecule has 0 heterocycles. The number of ether oxygens (including phenoxy) is 1. The number of benzene rings is 3. The molecule has 0 saturated heterocycles. The molecule has 0 N–H and O–H groups in total. The molecule has 0 unspecified atom stereocenters. The van der Waals surface area contributed by atoms with Gasteiger partial charge in [-0.25, -0.2) is 22.0 Å². The minimum Gasteiger partial charge on any atom is -0.429 e. The maximum absolute atomic E-state index is 14.3. The smallest absolute Gasteiger partial charge is 0.429 e. The van der Waals surface area contributed by atoms with Crippen LogP contribution in [0.1, 0.15) is 22.3 Å². The molecule has 3 aromatic carbocycles. The molecule has 0 aliphatic carbocycles. The van der Waals surface area contributed by atoms with E-state index in [1.807, 2.05) is 31.2 Å². The van der Waals surface area contributed by atoms with Gasteiger partial charge in [0, 0.05) is 12.1 Å². The molecule has 0 spiro atoms. The first-order valence-corrected chi connectivity index (χ1v) is 8.82. The molecule has 0 atom stereocenters. The Bertz CT molecular complexity index is 1040. The van der Waals surface area contributed by atoms with Crippen LogP contribution >= 0.6 is 0 Å². The highest BCUT2D eigenvalue weighted by atomic mass is 19.3. The molecule has 0 amide bonds. The average Bonchev–Trinajstić information content (AvgIpc) is 2.68. The van der Waals surface area contributed by atoms with E-state index in [4.69, 9.17) is 0 Å². The van der Waals surface area contributed by atoms with E-state index in [9.17, 15) is 30.7 Å². The summed E-state index contributed by atoms with van der Waals surface area (Å²) in [6.45, 7) is 1.90. The summed E-state index contributed by atoms with van der Waals surface area (Å²) in [5.41, 5.74) is 0.317. The van der Waals surface area contributed by atoms with Gasteiger partial charge in [-0.1, -0.05) is 35.9 Å². The topological polar surface area (TPSA) is 9.23 Å². The Labute approximate surface area is 167 Å². The number of rotatable bonds is 6. The van der Waals surface area contributed by atoms with E-state index in [2.05, 4.69) is 4.74 Å². The van der Waals surface area contributed by atoms with E-state index in [-0.39, 0.29) is 24.1 Å². The number of hydrogen-bond donors (Lipinski definition) is 0. The lowest BCUT2D eigenvalue weighted by Crippen LogP contribution is -2.24. The van der Waals surface area contributed by atoms with Gasteiger partial charge >= 0.3 is 6.11 Å². The molecule has 0 aliphatic heterocycles. The molecule has 1 nitrogen and oxygen atoms in total. The van der Waals surface area contributed by atoms with Gasteiger partial charge in [-0.05, 0) is 37.0 Å². The Balaban J connectivity index is 1.81. The van der Waals surface area contributed by atoms with Crippen molar-refractivity contribution in [2.75, 3.05) is 0 Å². The number of halogens is 7. The van der Waals surface area contributed by atoms with Gasteiger partial charge in [-0.15, -0.1) is 0 Å². The van der Waals surface area contributed by atoms with Gasteiger partial charge < -0.3 is 4.74 Å². The summed E-state index contributed by atoms with van der Waals surface area (Å²) in [6.07, 6.45) is -4.04. The van der Waals surface area contributed by atoms with Gasteiger partial charge in [-0.3, -0.25) is 0 Å². The van der Waals surface area contributed by atoms with E-state index in [0.29, 0.717) is 12.5 Å². The molecule has 0 aliphatic rings. The van der Waals surface area contributed by atoms with Crippen LogP contribution in [0.5, 0.6) is 5.75 Å². The van der Waals surface area contributed by atoms with E-state index in [1.54, 1.807) is 0 Å². The zero-order valence-electron chi connectivity index (χ0n) is 15.6. The second kappa shape index (κ2) is 8.38. The summed E-state index contributed by atoms with van der Waals surface area (Å²) in [4.78, 5) is 0. The fraction of sp³-hybridized carbons (Fsp3) is 0.182. The molecule has 158 valence electrons. The highest BCUT2D eigenvalue weighted by Gasteiger charge is 2.39. The zero-order valence-corrected chi connectivity index (χ0v) is 15.6. The van der Waals surface area contributed by atoms with Crippen molar-refractivity contribution in [1.29, 1.82) is 0 Å². The van der Waals surface area contributed by atoms with Crippen molar-refractivity contribution in [3.05, 3.63) is 99.9 Å². The number of alkyl halides is 2.